The lowest BCUT2D eigenvalue weighted by Crippen LogP contribution is -1.94. The van der Waals surface area contributed by atoms with Crippen LogP contribution in [0.25, 0.3) is 27.7 Å². The van der Waals surface area contributed by atoms with E-state index in [0.717, 1.165) is 33.5 Å². The van der Waals surface area contributed by atoms with E-state index in [1.54, 1.807) is 6.20 Å². The van der Waals surface area contributed by atoms with Crippen LogP contribution in [0, 0.1) is 32.1 Å². The number of pyridine rings is 1. The zero-order valence-electron chi connectivity index (χ0n) is 16.5. The van der Waals surface area contributed by atoms with Gasteiger partial charge < -0.3 is 5.32 Å². The number of thiazole rings is 1. The number of anilines is 1. The molecule has 4 rings (SSSR count). The van der Waals surface area contributed by atoms with Crippen molar-refractivity contribution in [2.24, 2.45) is 0 Å². The van der Waals surface area contributed by atoms with Crippen molar-refractivity contribution in [3.63, 3.8) is 0 Å². The molecule has 2 heterocycles. The Kier molecular flexibility index (Phi) is 5.11. The summed E-state index contributed by atoms with van der Waals surface area (Å²) in [4.78, 5) is 9.33. The van der Waals surface area contributed by atoms with Crippen LogP contribution < -0.4 is 5.32 Å². The van der Waals surface area contributed by atoms with Crippen molar-refractivity contribution in [1.82, 2.24) is 9.97 Å². The predicted octanol–water partition coefficient (Wildman–Crippen LogP) is 6.26. The van der Waals surface area contributed by atoms with Gasteiger partial charge in [0.15, 0.2) is 0 Å². The first-order chi connectivity index (χ1) is 14.0. The Morgan fingerprint density at radius 1 is 1.07 bits per heavy atom. The van der Waals surface area contributed by atoms with Gasteiger partial charge in [0.05, 0.1) is 16.9 Å². The number of hydrogen-bond acceptors (Lipinski definition) is 5. The highest BCUT2D eigenvalue weighted by Gasteiger charge is 2.11. The molecule has 1 N–H and O–H groups in total. The van der Waals surface area contributed by atoms with Crippen LogP contribution in [-0.2, 0) is 0 Å². The fourth-order valence-corrected chi connectivity index (χ4v) is 4.06. The van der Waals surface area contributed by atoms with E-state index in [9.17, 15) is 5.26 Å². The summed E-state index contributed by atoms with van der Waals surface area (Å²) >= 11 is 1.47. The molecular formula is C24H20N4S. The van der Waals surface area contributed by atoms with Crippen molar-refractivity contribution >= 4 is 33.5 Å². The molecule has 29 heavy (non-hydrogen) atoms. The van der Waals surface area contributed by atoms with Gasteiger partial charge in [-0.25, -0.2) is 4.98 Å². The van der Waals surface area contributed by atoms with Crippen molar-refractivity contribution < 1.29 is 0 Å². The lowest BCUT2D eigenvalue weighted by atomic mass is 10.0. The first-order valence-electron chi connectivity index (χ1n) is 9.32. The van der Waals surface area contributed by atoms with E-state index >= 15 is 0 Å². The first-order valence-corrected chi connectivity index (χ1v) is 10.2. The number of benzene rings is 2. The lowest BCUT2D eigenvalue weighted by molar-refractivity contribution is 1.25. The van der Waals surface area contributed by atoms with E-state index in [4.69, 9.17) is 4.98 Å². The normalized spacial score (nSPS) is 11.4. The number of nitrogens with one attached hydrogen (secondary N) is 1. The Balaban J connectivity index is 1.65. The van der Waals surface area contributed by atoms with Gasteiger partial charge in [-0.3, -0.25) is 4.98 Å². The van der Waals surface area contributed by atoms with Crippen molar-refractivity contribution in [3.05, 3.63) is 81.9 Å². The summed E-state index contributed by atoms with van der Waals surface area (Å²) in [5, 5.41) is 16.7. The van der Waals surface area contributed by atoms with Crippen LogP contribution >= 0.6 is 11.3 Å². The molecule has 4 nitrogen and oxygen atoms in total. The van der Waals surface area contributed by atoms with Gasteiger partial charge in [-0.15, -0.1) is 11.3 Å². The fourth-order valence-electron chi connectivity index (χ4n) is 3.28. The molecule has 0 radical (unpaired) electrons. The SMILES string of the molecule is Cc1ccc(-c2csc(/C(C#N)=C/Nc3cccc4ccc(C)nc34)n2)c(C)c1. The number of aromatic nitrogens is 2. The number of nitriles is 1. The molecule has 142 valence electrons. The molecule has 0 saturated carbocycles. The minimum absolute atomic E-state index is 0.496. The molecule has 0 amide bonds. The number of para-hydroxylation sites is 1. The van der Waals surface area contributed by atoms with Crippen LogP contribution in [0.2, 0.25) is 0 Å². The van der Waals surface area contributed by atoms with E-state index in [1.807, 2.05) is 36.6 Å². The number of allylic oxidation sites excluding steroid dienone is 1. The Morgan fingerprint density at radius 3 is 2.72 bits per heavy atom. The maximum absolute atomic E-state index is 9.68. The zero-order chi connectivity index (χ0) is 20.4. The van der Waals surface area contributed by atoms with E-state index in [0.29, 0.717) is 10.6 Å². The van der Waals surface area contributed by atoms with Crippen LogP contribution in [0.1, 0.15) is 21.8 Å². The van der Waals surface area contributed by atoms with Gasteiger partial charge in [-0.05, 0) is 38.5 Å². The highest BCUT2D eigenvalue weighted by Crippen LogP contribution is 2.29. The minimum atomic E-state index is 0.496. The van der Waals surface area contributed by atoms with Gasteiger partial charge in [0, 0.05) is 28.2 Å². The third kappa shape index (κ3) is 3.89. The zero-order valence-corrected chi connectivity index (χ0v) is 17.3. The summed E-state index contributed by atoms with van der Waals surface area (Å²) in [5.74, 6) is 0. The van der Waals surface area contributed by atoms with Crippen molar-refractivity contribution in [3.8, 4) is 17.3 Å². The van der Waals surface area contributed by atoms with Crippen LogP contribution in [0.4, 0.5) is 5.69 Å². The van der Waals surface area contributed by atoms with Gasteiger partial charge in [0.1, 0.15) is 16.6 Å². The minimum Gasteiger partial charge on any atom is -0.359 e. The number of rotatable bonds is 4. The van der Waals surface area contributed by atoms with Gasteiger partial charge in [-0.1, -0.05) is 42.0 Å². The highest BCUT2D eigenvalue weighted by atomic mass is 32.1. The number of hydrogen-bond donors (Lipinski definition) is 1. The third-order valence-electron chi connectivity index (χ3n) is 4.74. The van der Waals surface area contributed by atoms with Gasteiger partial charge >= 0.3 is 0 Å². The fraction of sp³-hybridized carbons (Fsp3) is 0.125. The molecule has 0 saturated heterocycles. The molecule has 0 bridgehead atoms. The summed E-state index contributed by atoms with van der Waals surface area (Å²) in [6, 6.07) is 18.6. The molecule has 2 aromatic heterocycles. The summed E-state index contributed by atoms with van der Waals surface area (Å²) in [6.07, 6.45) is 1.71. The summed E-state index contributed by atoms with van der Waals surface area (Å²) < 4.78 is 0. The van der Waals surface area contributed by atoms with Crippen LogP contribution in [0.3, 0.4) is 0 Å². The first kappa shape index (κ1) is 18.9. The average molecular weight is 397 g/mol. The number of nitrogens with zero attached hydrogens (tertiary/aromatic N) is 3. The van der Waals surface area contributed by atoms with Crippen LogP contribution in [0.5, 0.6) is 0 Å². The maximum Gasteiger partial charge on any atom is 0.136 e. The Bertz CT molecular complexity index is 1280. The van der Waals surface area contributed by atoms with Crippen molar-refractivity contribution in [1.29, 1.82) is 5.26 Å². The highest BCUT2D eigenvalue weighted by molar-refractivity contribution is 7.11. The Hall–Kier alpha value is -3.49. The quantitative estimate of drug-likeness (QED) is 0.414. The second-order valence-electron chi connectivity index (χ2n) is 7.00. The lowest BCUT2D eigenvalue weighted by Gasteiger charge is -2.06. The molecule has 2 aromatic carbocycles. The number of aryl methyl sites for hydroxylation is 3. The van der Waals surface area contributed by atoms with Crippen molar-refractivity contribution in [2.45, 2.75) is 20.8 Å². The maximum atomic E-state index is 9.68. The molecule has 0 aliphatic rings. The van der Waals surface area contributed by atoms with E-state index < -0.39 is 0 Å². The van der Waals surface area contributed by atoms with E-state index in [2.05, 4.69) is 54.5 Å². The van der Waals surface area contributed by atoms with Gasteiger partial charge in [-0.2, -0.15) is 5.26 Å². The Morgan fingerprint density at radius 2 is 1.93 bits per heavy atom. The monoisotopic (exact) mass is 396 g/mol. The second kappa shape index (κ2) is 7.86. The molecule has 4 aromatic rings. The average Bonchev–Trinajstić information content (AvgIpc) is 3.18. The summed E-state index contributed by atoms with van der Waals surface area (Å²) in [5.41, 5.74) is 7.59. The largest absolute Gasteiger partial charge is 0.359 e. The standard InChI is InChI=1S/C24H20N4S/c1-15-7-10-20(16(2)11-15)22-14-29-24(28-22)19(12-25)13-26-21-6-4-5-18-9-8-17(3)27-23(18)21/h4-11,13-14,26H,1-3H3/b19-13+. The summed E-state index contributed by atoms with van der Waals surface area (Å²) in [7, 11) is 0. The molecule has 0 aliphatic heterocycles. The molecule has 0 aliphatic carbocycles. The number of fused-ring (bicyclic) bond motifs is 1. The van der Waals surface area contributed by atoms with Crippen LogP contribution in [0.15, 0.2) is 60.1 Å². The third-order valence-corrected chi connectivity index (χ3v) is 5.62. The molecule has 0 spiro atoms. The summed E-state index contributed by atoms with van der Waals surface area (Å²) in [6.45, 7) is 6.13. The van der Waals surface area contributed by atoms with E-state index in [-0.39, 0.29) is 0 Å². The molecule has 5 heteroatoms. The predicted molar refractivity (Wildman–Crippen MR) is 121 cm³/mol. The molecule has 0 fully saturated rings. The van der Waals surface area contributed by atoms with Gasteiger partial charge in [0.25, 0.3) is 0 Å². The molecule has 0 unspecified atom stereocenters. The van der Waals surface area contributed by atoms with E-state index in [1.165, 1.54) is 22.5 Å². The topological polar surface area (TPSA) is 61.6 Å². The Labute approximate surface area is 174 Å². The second-order valence-corrected chi connectivity index (χ2v) is 7.86. The molecular weight excluding hydrogens is 376 g/mol. The van der Waals surface area contributed by atoms with Crippen LogP contribution in [-0.4, -0.2) is 9.97 Å². The molecule has 0 atom stereocenters. The van der Waals surface area contributed by atoms with Gasteiger partial charge in [0.2, 0.25) is 0 Å². The smallest absolute Gasteiger partial charge is 0.136 e. The van der Waals surface area contributed by atoms with Crippen molar-refractivity contribution in [2.75, 3.05) is 5.32 Å².